The summed E-state index contributed by atoms with van der Waals surface area (Å²) in [6.45, 7) is 4.41. The topological polar surface area (TPSA) is 46.3 Å². The normalized spacial score (nSPS) is 20.8. The van der Waals surface area contributed by atoms with Crippen LogP contribution in [0.1, 0.15) is 33.1 Å². The first-order valence-electron chi connectivity index (χ1n) is 5.72. The number of carbonyl (C=O) groups excluding carboxylic acids is 1. The van der Waals surface area contributed by atoms with Crippen molar-refractivity contribution in [1.82, 2.24) is 4.90 Å². The van der Waals surface area contributed by atoms with Gasteiger partial charge in [0.1, 0.15) is 0 Å². The van der Waals surface area contributed by atoms with E-state index in [2.05, 4.69) is 0 Å². The number of hydrogen-bond acceptors (Lipinski definition) is 3. The second kappa shape index (κ2) is 6.45. The van der Waals surface area contributed by atoms with Gasteiger partial charge in [0.25, 0.3) is 0 Å². The molecule has 0 saturated carbocycles. The molecule has 1 saturated heterocycles. The molecule has 0 aromatic rings. The molecule has 16 heavy (non-hydrogen) atoms. The molecule has 1 unspecified atom stereocenters. The van der Waals surface area contributed by atoms with Gasteiger partial charge in [-0.2, -0.15) is 0 Å². The van der Waals surface area contributed by atoms with Gasteiger partial charge in [-0.1, -0.05) is 18.6 Å². The van der Waals surface area contributed by atoms with Crippen LogP contribution in [0.5, 0.6) is 0 Å². The number of nitrogens with two attached hydrogens (primary N) is 1. The van der Waals surface area contributed by atoms with Gasteiger partial charge in [-0.25, -0.2) is 0 Å². The summed E-state index contributed by atoms with van der Waals surface area (Å²) in [4.78, 5) is 14.5. The van der Waals surface area contributed by atoms with Gasteiger partial charge in [-0.3, -0.25) is 4.79 Å². The van der Waals surface area contributed by atoms with Crippen molar-refractivity contribution >= 4 is 34.9 Å². The van der Waals surface area contributed by atoms with E-state index in [1.54, 1.807) is 16.7 Å². The van der Waals surface area contributed by atoms with E-state index >= 15 is 0 Å². The molecule has 3 nitrogen and oxygen atoms in total. The average molecular weight is 260 g/mol. The lowest BCUT2D eigenvalue weighted by Crippen LogP contribution is -2.46. The molecule has 0 bridgehead atoms. The summed E-state index contributed by atoms with van der Waals surface area (Å²) in [6, 6.07) is 0.163. The van der Waals surface area contributed by atoms with Gasteiger partial charge in [0.15, 0.2) is 0 Å². The summed E-state index contributed by atoms with van der Waals surface area (Å²) in [5.41, 5.74) is 5.53. The van der Waals surface area contributed by atoms with Crippen molar-refractivity contribution < 1.29 is 4.79 Å². The van der Waals surface area contributed by atoms with Crippen LogP contribution in [0.2, 0.25) is 0 Å². The minimum absolute atomic E-state index is 0.116. The number of nitrogens with zero attached hydrogens (tertiary/aromatic N) is 1. The molecule has 1 rings (SSSR count). The first kappa shape index (κ1) is 13.8. The van der Waals surface area contributed by atoms with Crippen LogP contribution in [0.25, 0.3) is 0 Å². The van der Waals surface area contributed by atoms with E-state index in [-0.39, 0.29) is 17.2 Å². The number of thiocarbonyl (C=S) groups is 1. The molecule has 5 heteroatoms. The molecular weight excluding hydrogens is 240 g/mol. The lowest BCUT2D eigenvalue weighted by molar-refractivity contribution is -0.131. The highest BCUT2D eigenvalue weighted by molar-refractivity contribution is 8.00. The lowest BCUT2D eigenvalue weighted by atomic mass is 10.1. The van der Waals surface area contributed by atoms with Crippen molar-refractivity contribution in [1.29, 1.82) is 0 Å². The van der Waals surface area contributed by atoms with Crippen LogP contribution in [0.3, 0.4) is 0 Å². The van der Waals surface area contributed by atoms with Gasteiger partial charge in [-0.05, 0) is 32.4 Å². The minimum Gasteiger partial charge on any atom is -0.392 e. The van der Waals surface area contributed by atoms with Crippen molar-refractivity contribution in [2.24, 2.45) is 5.73 Å². The van der Waals surface area contributed by atoms with Crippen LogP contribution in [-0.2, 0) is 4.79 Å². The number of carbonyl (C=O) groups is 1. The van der Waals surface area contributed by atoms with Gasteiger partial charge in [0, 0.05) is 6.04 Å². The zero-order valence-corrected chi connectivity index (χ0v) is 11.6. The Morgan fingerprint density at radius 1 is 1.56 bits per heavy atom. The summed E-state index contributed by atoms with van der Waals surface area (Å²) in [7, 11) is 0. The third-order valence-electron chi connectivity index (χ3n) is 2.69. The smallest absolute Gasteiger partial charge is 0.236 e. The quantitative estimate of drug-likeness (QED) is 0.783. The van der Waals surface area contributed by atoms with E-state index in [1.165, 1.54) is 6.42 Å². The van der Waals surface area contributed by atoms with Crippen LogP contribution in [0.4, 0.5) is 0 Å². The largest absolute Gasteiger partial charge is 0.392 e. The highest BCUT2D eigenvalue weighted by Crippen LogP contribution is 2.27. The number of hydrogen-bond donors (Lipinski definition) is 1. The second-order valence-corrected chi connectivity index (χ2v) is 6.22. The Morgan fingerprint density at radius 3 is 2.69 bits per heavy atom. The highest BCUT2D eigenvalue weighted by Gasteiger charge is 2.28. The van der Waals surface area contributed by atoms with Crippen molar-refractivity contribution in [2.45, 2.75) is 44.4 Å². The first-order valence-corrected chi connectivity index (χ1v) is 7.18. The molecule has 0 aliphatic carbocycles. The number of rotatable bonds is 4. The summed E-state index contributed by atoms with van der Waals surface area (Å²) in [6.07, 6.45) is 3.37. The fourth-order valence-electron chi connectivity index (χ4n) is 1.80. The van der Waals surface area contributed by atoms with E-state index in [1.807, 2.05) is 13.8 Å². The first-order chi connectivity index (χ1) is 7.52. The third kappa shape index (κ3) is 3.94. The van der Waals surface area contributed by atoms with Gasteiger partial charge in [0.05, 0.1) is 16.8 Å². The summed E-state index contributed by atoms with van der Waals surface area (Å²) < 4.78 is 0. The van der Waals surface area contributed by atoms with Crippen molar-refractivity contribution in [2.75, 3.05) is 12.3 Å². The molecule has 1 atom stereocenters. The highest BCUT2D eigenvalue weighted by atomic mass is 32.2. The maximum Gasteiger partial charge on any atom is 0.236 e. The minimum atomic E-state index is 0.116. The van der Waals surface area contributed by atoms with E-state index in [0.717, 1.165) is 18.6 Å². The van der Waals surface area contributed by atoms with Crippen LogP contribution in [0.15, 0.2) is 0 Å². The zero-order chi connectivity index (χ0) is 12.1. The lowest BCUT2D eigenvalue weighted by Gasteiger charge is -2.31. The molecule has 1 heterocycles. The molecule has 0 spiro atoms. The molecular formula is C11H20N2OS2. The van der Waals surface area contributed by atoms with Crippen LogP contribution >= 0.6 is 24.0 Å². The van der Waals surface area contributed by atoms with Gasteiger partial charge >= 0.3 is 0 Å². The Bertz CT molecular complexity index is 263. The van der Waals surface area contributed by atoms with Crippen molar-refractivity contribution in [3.63, 3.8) is 0 Å². The van der Waals surface area contributed by atoms with Gasteiger partial charge < -0.3 is 10.6 Å². The molecule has 1 aliphatic heterocycles. The number of thioether (sulfide) groups is 1. The predicted octanol–water partition coefficient (Wildman–Crippen LogP) is 1.80. The third-order valence-corrected chi connectivity index (χ3v) is 4.18. The zero-order valence-electron chi connectivity index (χ0n) is 9.94. The van der Waals surface area contributed by atoms with Crippen LogP contribution < -0.4 is 5.73 Å². The van der Waals surface area contributed by atoms with Crippen molar-refractivity contribution in [3.8, 4) is 0 Å². The average Bonchev–Trinajstić information content (AvgIpc) is 2.25. The Labute approximate surface area is 107 Å². The van der Waals surface area contributed by atoms with Crippen LogP contribution in [0, 0.1) is 0 Å². The summed E-state index contributed by atoms with van der Waals surface area (Å²) in [5.74, 6) is 1.29. The Kier molecular flexibility index (Phi) is 5.55. The van der Waals surface area contributed by atoms with Crippen molar-refractivity contribution in [3.05, 3.63) is 0 Å². The number of amides is 1. The molecule has 0 aromatic heterocycles. The second-order valence-electron chi connectivity index (χ2n) is 4.38. The maximum atomic E-state index is 12.3. The van der Waals surface area contributed by atoms with E-state index < -0.39 is 0 Å². The van der Waals surface area contributed by atoms with Gasteiger partial charge in [-0.15, -0.1) is 11.8 Å². The van der Waals surface area contributed by atoms with Crippen LogP contribution in [-0.4, -0.2) is 39.4 Å². The maximum absolute atomic E-state index is 12.3. The van der Waals surface area contributed by atoms with E-state index in [4.69, 9.17) is 18.0 Å². The fraction of sp³-hybridized carbons (Fsp3) is 0.818. The molecule has 0 radical (unpaired) electrons. The molecule has 92 valence electrons. The van der Waals surface area contributed by atoms with E-state index in [9.17, 15) is 4.79 Å². The monoisotopic (exact) mass is 260 g/mol. The Morgan fingerprint density at radius 2 is 2.25 bits per heavy atom. The standard InChI is InChI=1S/C11H20N2OS2/c1-8(2)13(7-10(12)15)11(14)9-5-3-4-6-16-9/h8-9H,3-7H2,1-2H3,(H2,12,15). The molecule has 1 fully saturated rings. The SMILES string of the molecule is CC(C)N(CC(N)=S)C(=O)C1CCCCS1. The summed E-state index contributed by atoms with van der Waals surface area (Å²) >= 11 is 6.66. The molecule has 2 N–H and O–H groups in total. The van der Waals surface area contributed by atoms with Gasteiger partial charge in [0.2, 0.25) is 5.91 Å². The fourth-order valence-corrected chi connectivity index (χ4v) is 3.21. The predicted molar refractivity (Wildman–Crippen MR) is 73.7 cm³/mol. The molecule has 1 aliphatic rings. The van der Waals surface area contributed by atoms with E-state index in [0.29, 0.717) is 11.5 Å². The summed E-state index contributed by atoms with van der Waals surface area (Å²) in [5, 5.41) is 0.116. The molecule has 1 amide bonds. The Balaban J connectivity index is 2.61. The Hall–Kier alpha value is -0.290. The molecule has 0 aromatic carbocycles.